The zero-order valence-electron chi connectivity index (χ0n) is 20.0. The molecule has 4 unspecified atom stereocenters. The smallest absolute Gasteiger partial charge is 0.129 e. The van der Waals surface area contributed by atoms with Crippen LogP contribution in [0.4, 0.5) is 8.78 Å². The maximum absolute atomic E-state index is 14.5. The van der Waals surface area contributed by atoms with Gasteiger partial charge in [0, 0.05) is 5.56 Å². The summed E-state index contributed by atoms with van der Waals surface area (Å²) in [5.74, 6) is 4.28. The first-order valence-corrected chi connectivity index (χ1v) is 13.6. The Morgan fingerprint density at radius 3 is 1.94 bits per heavy atom. The molecule has 0 aromatic heterocycles. The summed E-state index contributed by atoms with van der Waals surface area (Å²) in [6.45, 7) is 4.29. The van der Waals surface area contributed by atoms with Crippen LogP contribution < -0.4 is 0 Å². The van der Waals surface area contributed by atoms with E-state index in [1.165, 1.54) is 70.6 Å². The molecule has 4 rings (SSSR count). The molecule has 31 heavy (non-hydrogen) atoms. The zero-order valence-corrected chi connectivity index (χ0v) is 20.0. The molecule has 3 saturated carbocycles. The molecule has 0 spiro atoms. The monoisotopic (exact) mass is 430 g/mol. The largest absolute Gasteiger partial charge is 0.207 e. The van der Waals surface area contributed by atoms with Gasteiger partial charge < -0.3 is 0 Å². The maximum atomic E-state index is 14.5. The summed E-state index contributed by atoms with van der Waals surface area (Å²) in [5.41, 5.74) is 1.20. The average molecular weight is 431 g/mol. The van der Waals surface area contributed by atoms with Crippen LogP contribution >= 0.6 is 0 Å². The average Bonchev–Trinajstić information content (AvgIpc) is 2.79. The molecule has 0 aliphatic heterocycles. The van der Waals surface area contributed by atoms with Crippen molar-refractivity contribution in [3.63, 3.8) is 0 Å². The highest BCUT2D eigenvalue weighted by Crippen LogP contribution is 2.51. The van der Waals surface area contributed by atoms with Crippen LogP contribution in [-0.4, -0.2) is 0 Å². The summed E-state index contributed by atoms with van der Waals surface area (Å²) in [4.78, 5) is 0. The predicted molar refractivity (Wildman–Crippen MR) is 126 cm³/mol. The predicted octanol–water partition coefficient (Wildman–Crippen LogP) is 9.21. The molecule has 174 valence electrons. The normalized spacial score (nSPS) is 33.8. The van der Waals surface area contributed by atoms with Crippen LogP contribution in [0, 0.1) is 41.2 Å². The van der Waals surface area contributed by atoms with E-state index < -0.39 is 0 Å². The Morgan fingerprint density at radius 2 is 1.29 bits per heavy atom. The number of hydrogen-bond donors (Lipinski definition) is 0. The second-order valence-electron chi connectivity index (χ2n) is 11.2. The van der Waals surface area contributed by atoms with Gasteiger partial charge in [-0.25, -0.2) is 8.78 Å². The highest BCUT2D eigenvalue weighted by molar-refractivity contribution is 5.29. The van der Waals surface area contributed by atoms with Gasteiger partial charge in [-0.1, -0.05) is 52.4 Å². The third-order valence-electron chi connectivity index (χ3n) is 9.31. The fourth-order valence-corrected chi connectivity index (χ4v) is 7.44. The maximum Gasteiger partial charge on any atom is 0.129 e. The molecule has 1 aromatic carbocycles. The van der Waals surface area contributed by atoms with E-state index in [0.29, 0.717) is 12.3 Å². The SMILES string of the molecule is CCCCC1CCC(C2CCC3CC(c4cc(F)c(CCC)c(F)c4)CCC3C2)CC1. The van der Waals surface area contributed by atoms with Crippen LogP contribution in [0.25, 0.3) is 0 Å². The Bertz CT molecular complexity index is 680. The Hall–Kier alpha value is -0.920. The van der Waals surface area contributed by atoms with E-state index in [1.807, 2.05) is 6.92 Å². The molecule has 0 nitrogen and oxygen atoms in total. The summed E-state index contributed by atoms with van der Waals surface area (Å²) in [6, 6.07) is 3.31. The number of benzene rings is 1. The van der Waals surface area contributed by atoms with Crippen LogP contribution in [-0.2, 0) is 6.42 Å². The molecule has 0 heterocycles. The molecule has 3 fully saturated rings. The van der Waals surface area contributed by atoms with E-state index in [0.717, 1.165) is 54.4 Å². The first kappa shape index (κ1) is 23.2. The van der Waals surface area contributed by atoms with Crippen molar-refractivity contribution in [1.82, 2.24) is 0 Å². The van der Waals surface area contributed by atoms with Crippen molar-refractivity contribution in [2.24, 2.45) is 29.6 Å². The molecule has 3 aliphatic carbocycles. The van der Waals surface area contributed by atoms with Crippen molar-refractivity contribution in [2.45, 2.75) is 116 Å². The van der Waals surface area contributed by atoms with Crippen molar-refractivity contribution in [3.8, 4) is 0 Å². The van der Waals surface area contributed by atoms with Crippen LogP contribution in [0.3, 0.4) is 0 Å². The summed E-state index contributed by atoms with van der Waals surface area (Å²) < 4.78 is 29.0. The third kappa shape index (κ3) is 5.53. The van der Waals surface area contributed by atoms with Gasteiger partial charge in [-0.05, 0) is 111 Å². The van der Waals surface area contributed by atoms with E-state index in [-0.39, 0.29) is 17.2 Å². The van der Waals surface area contributed by atoms with Crippen LogP contribution in [0.15, 0.2) is 12.1 Å². The second kappa shape index (κ2) is 10.8. The van der Waals surface area contributed by atoms with Crippen molar-refractivity contribution in [3.05, 3.63) is 34.9 Å². The third-order valence-corrected chi connectivity index (χ3v) is 9.31. The summed E-state index contributed by atoms with van der Waals surface area (Å²) in [7, 11) is 0. The van der Waals surface area contributed by atoms with Gasteiger partial charge in [0.25, 0.3) is 0 Å². The van der Waals surface area contributed by atoms with Gasteiger partial charge in [0.05, 0.1) is 0 Å². The lowest BCUT2D eigenvalue weighted by molar-refractivity contribution is 0.0710. The molecule has 0 saturated heterocycles. The van der Waals surface area contributed by atoms with Crippen molar-refractivity contribution >= 4 is 0 Å². The Labute approximate surface area is 189 Å². The molecule has 4 atom stereocenters. The van der Waals surface area contributed by atoms with Crippen molar-refractivity contribution in [1.29, 1.82) is 0 Å². The van der Waals surface area contributed by atoms with E-state index in [9.17, 15) is 8.78 Å². The highest BCUT2D eigenvalue weighted by atomic mass is 19.1. The molecule has 0 amide bonds. The minimum atomic E-state index is -0.322. The number of halogens is 2. The van der Waals surface area contributed by atoms with Gasteiger partial charge >= 0.3 is 0 Å². The van der Waals surface area contributed by atoms with Gasteiger partial charge in [-0.15, -0.1) is 0 Å². The van der Waals surface area contributed by atoms with E-state index in [2.05, 4.69) is 6.92 Å². The van der Waals surface area contributed by atoms with Crippen molar-refractivity contribution < 1.29 is 8.78 Å². The standard InChI is InChI=1S/C29H44F2/c1-3-5-7-20-8-10-21(11-9-20)22-12-13-24-17-25(15-14-23(24)16-22)26-18-28(30)27(6-4-2)29(31)19-26/h18-25H,3-17H2,1-2H3. The molecular weight excluding hydrogens is 386 g/mol. The number of fused-ring (bicyclic) bond motifs is 1. The molecule has 0 radical (unpaired) electrons. The summed E-state index contributed by atoms with van der Waals surface area (Å²) >= 11 is 0. The van der Waals surface area contributed by atoms with E-state index >= 15 is 0 Å². The minimum Gasteiger partial charge on any atom is -0.207 e. The van der Waals surface area contributed by atoms with Gasteiger partial charge in [0.1, 0.15) is 11.6 Å². The van der Waals surface area contributed by atoms with Gasteiger partial charge in [-0.3, -0.25) is 0 Å². The second-order valence-corrected chi connectivity index (χ2v) is 11.2. The van der Waals surface area contributed by atoms with Gasteiger partial charge in [0.15, 0.2) is 0 Å². The lowest BCUT2D eigenvalue weighted by atomic mass is 9.60. The number of hydrogen-bond acceptors (Lipinski definition) is 0. The fraction of sp³-hybridized carbons (Fsp3) is 0.793. The molecule has 0 bridgehead atoms. The highest BCUT2D eigenvalue weighted by Gasteiger charge is 2.39. The van der Waals surface area contributed by atoms with Gasteiger partial charge in [-0.2, -0.15) is 0 Å². The zero-order chi connectivity index (χ0) is 21.8. The molecule has 3 aliphatic rings. The first-order chi connectivity index (χ1) is 15.1. The van der Waals surface area contributed by atoms with E-state index in [4.69, 9.17) is 0 Å². The Morgan fingerprint density at radius 1 is 0.710 bits per heavy atom. The topological polar surface area (TPSA) is 0 Å². The molecular formula is C29H44F2. The Balaban J connectivity index is 1.30. The lowest BCUT2D eigenvalue weighted by Crippen LogP contribution is -2.34. The van der Waals surface area contributed by atoms with Gasteiger partial charge in [0.2, 0.25) is 0 Å². The lowest BCUT2D eigenvalue weighted by Gasteiger charge is -2.45. The van der Waals surface area contributed by atoms with E-state index in [1.54, 1.807) is 12.1 Å². The molecule has 2 heteroatoms. The van der Waals surface area contributed by atoms with Crippen LogP contribution in [0.1, 0.15) is 121 Å². The quantitative estimate of drug-likeness (QED) is 0.404. The number of unbranched alkanes of at least 4 members (excludes halogenated alkanes) is 1. The van der Waals surface area contributed by atoms with Crippen LogP contribution in [0.2, 0.25) is 0 Å². The fourth-order valence-electron chi connectivity index (χ4n) is 7.44. The summed E-state index contributed by atoms with van der Waals surface area (Å²) in [5, 5.41) is 0. The number of rotatable bonds is 7. The minimum absolute atomic E-state index is 0.282. The molecule has 0 N–H and O–H groups in total. The Kier molecular flexibility index (Phi) is 8.10. The molecule has 1 aromatic rings. The van der Waals surface area contributed by atoms with Crippen molar-refractivity contribution in [2.75, 3.05) is 0 Å². The summed E-state index contributed by atoms with van der Waals surface area (Å²) in [6.07, 6.45) is 19.1. The van der Waals surface area contributed by atoms with Crippen LogP contribution in [0.5, 0.6) is 0 Å². The first-order valence-electron chi connectivity index (χ1n) is 13.6.